The number of fused-ring (bicyclic) bond motifs is 1. The van der Waals surface area contributed by atoms with Crippen LogP contribution in [0.2, 0.25) is 4.34 Å². The van der Waals surface area contributed by atoms with Crippen molar-refractivity contribution >= 4 is 39.1 Å². The third-order valence-electron chi connectivity index (χ3n) is 2.46. The monoisotopic (exact) mass is 271 g/mol. The molecule has 0 unspecified atom stereocenters. The summed E-state index contributed by atoms with van der Waals surface area (Å²) in [6, 6.07) is 1.58. The van der Waals surface area contributed by atoms with Crippen molar-refractivity contribution in [2.75, 3.05) is 0 Å². The van der Waals surface area contributed by atoms with Crippen LogP contribution in [-0.2, 0) is 0 Å². The number of pyridine rings is 1. The molecular weight excluding hydrogens is 262 g/mol. The summed E-state index contributed by atoms with van der Waals surface area (Å²) in [4.78, 5) is 23.6. The van der Waals surface area contributed by atoms with Crippen molar-refractivity contribution in [2.24, 2.45) is 0 Å². The summed E-state index contributed by atoms with van der Waals surface area (Å²) in [6.45, 7) is 3.84. The summed E-state index contributed by atoms with van der Waals surface area (Å²) >= 11 is 7.16. The lowest BCUT2D eigenvalue weighted by Gasteiger charge is -2.12. The number of hydrogen-bond acceptors (Lipinski definition) is 3. The van der Waals surface area contributed by atoms with E-state index in [-0.39, 0.29) is 11.6 Å². The van der Waals surface area contributed by atoms with Crippen LogP contribution in [0.3, 0.4) is 0 Å². The molecule has 0 spiro atoms. The van der Waals surface area contributed by atoms with Gasteiger partial charge in [-0.05, 0) is 19.9 Å². The molecular formula is C11H10ClNO3S. The quantitative estimate of drug-likeness (QED) is 0.913. The molecule has 0 saturated heterocycles. The molecule has 90 valence electrons. The van der Waals surface area contributed by atoms with Gasteiger partial charge in [0.2, 0.25) is 5.43 Å². The molecule has 0 radical (unpaired) electrons. The highest BCUT2D eigenvalue weighted by atomic mass is 35.5. The molecule has 0 atom stereocenters. The van der Waals surface area contributed by atoms with Gasteiger partial charge in [0.25, 0.3) is 0 Å². The Labute approximate surface area is 106 Å². The summed E-state index contributed by atoms with van der Waals surface area (Å²) in [5.74, 6) is -1.21. The molecule has 0 bridgehead atoms. The highest BCUT2D eigenvalue weighted by molar-refractivity contribution is 7.22. The first-order valence-corrected chi connectivity index (χ1v) is 6.18. The normalized spacial score (nSPS) is 11.3. The van der Waals surface area contributed by atoms with Crippen LogP contribution in [0.5, 0.6) is 0 Å². The van der Waals surface area contributed by atoms with Gasteiger partial charge in [-0.15, -0.1) is 11.3 Å². The first-order chi connectivity index (χ1) is 7.91. The zero-order chi connectivity index (χ0) is 12.7. The molecule has 2 aromatic rings. The summed E-state index contributed by atoms with van der Waals surface area (Å²) < 4.78 is 2.24. The Kier molecular flexibility index (Phi) is 2.97. The maximum atomic E-state index is 11.9. The molecule has 17 heavy (non-hydrogen) atoms. The zero-order valence-electron chi connectivity index (χ0n) is 9.23. The van der Waals surface area contributed by atoms with E-state index in [2.05, 4.69) is 0 Å². The maximum Gasteiger partial charge on any atom is 0.341 e. The molecule has 1 N–H and O–H groups in total. The van der Waals surface area contributed by atoms with E-state index in [1.807, 2.05) is 13.8 Å². The number of carboxylic acids is 1. The van der Waals surface area contributed by atoms with Crippen LogP contribution in [0, 0.1) is 0 Å². The van der Waals surface area contributed by atoms with E-state index in [0.717, 1.165) is 0 Å². The van der Waals surface area contributed by atoms with E-state index < -0.39 is 11.4 Å². The van der Waals surface area contributed by atoms with Gasteiger partial charge in [-0.1, -0.05) is 11.6 Å². The van der Waals surface area contributed by atoms with Gasteiger partial charge in [-0.2, -0.15) is 0 Å². The van der Waals surface area contributed by atoms with E-state index in [4.69, 9.17) is 16.7 Å². The zero-order valence-corrected chi connectivity index (χ0v) is 10.8. The lowest BCUT2D eigenvalue weighted by atomic mass is 10.2. The molecule has 4 nitrogen and oxygen atoms in total. The highest BCUT2D eigenvalue weighted by Crippen LogP contribution is 2.29. The first-order valence-electron chi connectivity index (χ1n) is 4.99. The Hall–Kier alpha value is -1.33. The number of carboxylic acid groups (broad SMARTS) is 1. The molecule has 0 aliphatic rings. The number of carbonyl (C=O) groups is 1. The van der Waals surface area contributed by atoms with E-state index >= 15 is 0 Å². The number of aromatic nitrogens is 1. The molecule has 2 aromatic heterocycles. The molecule has 0 fully saturated rings. The molecule has 0 aliphatic heterocycles. The predicted octanol–water partition coefficient (Wildman–Crippen LogP) is 3.00. The van der Waals surface area contributed by atoms with E-state index in [9.17, 15) is 9.59 Å². The van der Waals surface area contributed by atoms with Gasteiger partial charge in [-0.25, -0.2) is 4.79 Å². The van der Waals surface area contributed by atoms with Gasteiger partial charge in [-0.3, -0.25) is 4.79 Å². The topological polar surface area (TPSA) is 59.3 Å². The van der Waals surface area contributed by atoms with Gasteiger partial charge in [0.1, 0.15) is 10.4 Å². The number of aromatic carboxylic acids is 1. The Balaban J connectivity index is 2.94. The van der Waals surface area contributed by atoms with Crippen molar-refractivity contribution in [3.05, 3.63) is 32.4 Å². The summed E-state index contributed by atoms with van der Waals surface area (Å²) in [6.07, 6.45) is 1.38. The molecule has 2 heterocycles. The average Bonchev–Trinajstić information content (AvgIpc) is 2.59. The molecule has 0 amide bonds. The second kappa shape index (κ2) is 4.16. The van der Waals surface area contributed by atoms with Gasteiger partial charge in [0.05, 0.1) is 9.72 Å². The fraction of sp³-hybridized carbons (Fsp3) is 0.273. The number of thiophene rings is 1. The van der Waals surface area contributed by atoms with Crippen LogP contribution in [0.4, 0.5) is 0 Å². The third-order valence-corrected chi connectivity index (χ3v) is 3.74. The van der Waals surface area contributed by atoms with Crippen molar-refractivity contribution in [3.63, 3.8) is 0 Å². The maximum absolute atomic E-state index is 11.9. The number of halogens is 1. The summed E-state index contributed by atoms with van der Waals surface area (Å²) in [7, 11) is 0. The van der Waals surface area contributed by atoms with Crippen LogP contribution in [0.15, 0.2) is 17.1 Å². The minimum absolute atomic E-state index is 0.0610. The second-order valence-corrected chi connectivity index (χ2v) is 5.61. The largest absolute Gasteiger partial charge is 0.477 e. The SMILES string of the molecule is CC(C)n1cc(C(=O)O)c(=O)c2cc(Cl)sc21. The predicted molar refractivity (Wildman–Crippen MR) is 68.4 cm³/mol. The average molecular weight is 272 g/mol. The van der Waals surface area contributed by atoms with Gasteiger partial charge in [0.15, 0.2) is 0 Å². The Bertz CT molecular complexity index is 657. The molecule has 0 saturated carbocycles. The minimum Gasteiger partial charge on any atom is -0.477 e. The van der Waals surface area contributed by atoms with Crippen molar-refractivity contribution in [1.82, 2.24) is 4.57 Å². The summed E-state index contributed by atoms with van der Waals surface area (Å²) in [5, 5.41) is 9.36. The Morgan fingerprint density at radius 1 is 1.53 bits per heavy atom. The molecule has 0 aromatic carbocycles. The van der Waals surface area contributed by atoms with E-state index in [0.29, 0.717) is 14.6 Å². The van der Waals surface area contributed by atoms with Gasteiger partial charge in [0, 0.05) is 12.2 Å². The third kappa shape index (κ3) is 1.96. The number of rotatable bonds is 2. The van der Waals surface area contributed by atoms with Crippen LogP contribution in [0.25, 0.3) is 10.2 Å². The molecule has 6 heteroatoms. The lowest BCUT2D eigenvalue weighted by molar-refractivity contribution is 0.0695. The van der Waals surface area contributed by atoms with Crippen LogP contribution >= 0.6 is 22.9 Å². The highest BCUT2D eigenvalue weighted by Gasteiger charge is 2.17. The van der Waals surface area contributed by atoms with Crippen LogP contribution < -0.4 is 5.43 Å². The Morgan fingerprint density at radius 2 is 2.18 bits per heavy atom. The smallest absolute Gasteiger partial charge is 0.341 e. The first kappa shape index (κ1) is 12.1. The molecule has 2 rings (SSSR count). The van der Waals surface area contributed by atoms with Crippen molar-refractivity contribution in [3.8, 4) is 0 Å². The van der Waals surface area contributed by atoms with Crippen molar-refractivity contribution in [1.29, 1.82) is 0 Å². The van der Waals surface area contributed by atoms with Crippen LogP contribution in [0.1, 0.15) is 30.2 Å². The minimum atomic E-state index is -1.21. The number of nitrogens with zero attached hydrogens (tertiary/aromatic N) is 1. The van der Waals surface area contributed by atoms with E-state index in [1.165, 1.54) is 23.6 Å². The lowest BCUT2D eigenvalue weighted by Crippen LogP contribution is -2.18. The second-order valence-electron chi connectivity index (χ2n) is 3.95. The number of hydrogen-bond donors (Lipinski definition) is 1. The van der Waals surface area contributed by atoms with Crippen molar-refractivity contribution in [2.45, 2.75) is 19.9 Å². The van der Waals surface area contributed by atoms with E-state index in [1.54, 1.807) is 4.57 Å². The fourth-order valence-electron chi connectivity index (χ4n) is 1.64. The molecule has 0 aliphatic carbocycles. The van der Waals surface area contributed by atoms with Crippen LogP contribution in [-0.4, -0.2) is 15.6 Å². The standard InChI is InChI=1S/C11H10ClNO3S/c1-5(2)13-4-7(11(15)16)9(14)6-3-8(12)17-10(6)13/h3-5H,1-2H3,(H,15,16). The summed E-state index contributed by atoms with van der Waals surface area (Å²) in [5.41, 5.74) is -0.701. The van der Waals surface area contributed by atoms with Crippen molar-refractivity contribution < 1.29 is 9.90 Å². The van der Waals surface area contributed by atoms with Gasteiger partial charge < -0.3 is 9.67 Å². The fourth-order valence-corrected chi connectivity index (χ4v) is 2.96. The van der Waals surface area contributed by atoms with Gasteiger partial charge >= 0.3 is 5.97 Å². The Morgan fingerprint density at radius 3 is 2.71 bits per heavy atom.